The van der Waals surface area contributed by atoms with Gasteiger partial charge in [0.2, 0.25) is 40.1 Å². The van der Waals surface area contributed by atoms with Crippen LogP contribution in [0.15, 0.2) is 0 Å². The molecular weight excluding hydrogens is 1050 g/mol. The number of nitrogens with zero attached hydrogens (tertiary/aromatic N) is 4. The lowest BCUT2D eigenvalue weighted by Gasteiger charge is -2.30. The van der Waals surface area contributed by atoms with Crippen LogP contribution in [0.25, 0.3) is 0 Å². The molecule has 0 aliphatic heterocycles. The van der Waals surface area contributed by atoms with E-state index < -0.39 is 97.8 Å². The molecule has 0 aliphatic carbocycles. The Morgan fingerprint density at radius 1 is 0.414 bits per heavy atom. The van der Waals surface area contributed by atoms with E-state index in [1.165, 1.54) is 70.0 Å². The Labute approximate surface area is 423 Å². The highest BCUT2D eigenvalue weighted by Gasteiger charge is 2.40. The van der Waals surface area contributed by atoms with Crippen molar-refractivity contribution in [2.24, 2.45) is 0 Å². The third kappa shape index (κ3) is 32.8. The van der Waals surface area contributed by atoms with E-state index in [1.807, 2.05) is 0 Å². The summed E-state index contributed by atoms with van der Waals surface area (Å²) in [4.78, 5) is 27.5. The summed E-state index contributed by atoms with van der Waals surface area (Å²) in [5.41, 5.74) is 12.9. The zero-order chi connectivity index (χ0) is 58.2. The average Bonchev–Trinajstić information content (AvgIpc) is 3.16. The SMILES string of the molecule is CCS(=O)(=O)N(C)NC.CCS(=O)(=O)N(NC)C(=O)OC(C)(C)C.CCS(=O)(=O)NNC.CNN(C(=O)OC(C)(C)C)S(=O)(=O)C(C)(C)C.CNN(C)S(=O)(=O)C(C)(C)C.CNNS(=O)(=O)C(C)(C)C. The average molecular weight is 1140 g/mol. The lowest BCUT2D eigenvalue weighted by atomic mass is 10.2. The van der Waals surface area contributed by atoms with Crippen molar-refractivity contribution in [2.45, 2.75) is 150 Å². The topological polar surface area (TPSA) is 367 Å². The molecule has 0 saturated heterocycles. The molecule has 0 aromatic heterocycles. The summed E-state index contributed by atoms with van der Waals surface area (Å²) in [6, 6.07) is 0. The van der Waals surface area contributed by atoms with Gasteiger partial charge in [0.05, 0.1) is 31.5 Å². The predicted molar refractivity (Wildman–Crippen MR) is 277 cm³/mol. The Kier molecular flexibility index (Phi) is 36.5. The minimum absolute atomic E-state index is 0.105. The second kappa shape index (κ2) is 32.2. The van der Waals surface area contributed by atoms with Gasteiger partial charge in [0.15, 0.2) is 0 Å². The standard InChI is InChI=1S/C10H22N2O4S.C8H18N2O4S.C6H16N2O2S.C5H14N2O2S.C4H12N2O2S.C3H10N2O2S/c1-9(2,3)16-8(13)12(11-7)17(14,15)10(4,5)6;1-6-15(12,13)10(9-5)7(11)14-8(2,3)4;1-6(2,3)11(9,10)8(5)7-4;1-5(2,3)10(8,9)7-6-4;1-4-9(7,8)6(3)5-2;1-3-8(6,7)5-4-2/h11H,1-7H3;9H,6H2,1-5H3;7H,1-5H3;6-7H,1-4H3;5H,4H2,1-3H3;4-5H,3H2,1-2H3. The van der Waals surface area contributed by atoms with Crippen LogP contribution in [-0.4, -0.2) is 179 Å². The highest BCUT2D eigenvalue weighted by atomic mass is 32.2. The molecule has 0 unspecified atom stereocenters. The highest BCUT2D eigenvalue weighted by Crippen LogP contribution is 2.21. The number of hydrogen-bond donors (Lipinski definition) is 8. The Morgan fingerprint density at radius 2 is 0.729 bits per heavy atom. The number of carbonyl (C=O) groups excluding carboxylic acids is 2. The van der Waals surface area contributed by atoms with Crippen LogP contribution in [0.2, 0.25) is 0 Å². The Hall–Kier alpha value is -2.16. The molecule has 0 fully saturated rings. The zero-order valence-electron chi connectivity index (χ0n) is 46.4. The summed E-state index contributed by atoms with van der Waals surface area (Å²) in [6.07, 6.45) is -1.86. The van der Waals surface area contributed by atoms with Crippen molar-refractivity contribution in [1.82, 2.24) is 59.9 Å². The van der Waals surface area contributed by atoms with Crippen molar-refractivity contribution in [3.05, 3.63) is 0 Å². The first-order valence-electron chi connectivity index (χ1n) is 21.2. The second-order valence-electron chi connectivity index (χ2n) is 18.6. The number of ether oxygens (including phenoxy) is 2. The molecule has 0 spiro atoms. The molecule has 70 heavy (non-hydrogen) atoms. The van der Waals surface area contributed by atoms with Crippen LogP contribution in [0, 0.1) is 0 Å². The maximum atomic E-state index is 12.1. The van der Waals surface area contributed by atoms with Crippen LogP contribution in [0.4, 0.5) is 9.59 Å². The molecule has 8 N–H and O–H groups in total. The summed E-state index contributed by atoms with van der Waals surface area (Å²) in [5.74, 6) is 0.0608. The molecule has 28 nitrogen and oxygen atoms in total. The van der Waals surface area contributed by atoms with Crippen molar-refractivity contribution in [3.8, 4) is 0 Å². The molecule has 0 rings (SSSR count). The fourth-order valence-corrected chi connectivity index (χ4v) is 7.62. The number of hydrogen-bond acceptors (Lipinski definition) is 22. The largest absolute Gasteiger partial charge is 0.442 e. The number of rotatable bonds is 15. The van der Waals surface area contributed by atoms with Gasteiger partial charge in [0.1, 0.15) is 11.2 Å². The van der Waals surface area contributed by atoms with Crippen LogP contribution in [0.3, 0.4) is 0 Å². The molecule has 0 bridgehead atoms. The van der Waals surface area contributed by atoms with E-state index in [2.05, 4.69) is 42.2 Å². The molecule has 0 atom stereocenters. The van der Waals surface area contributed by atoms with Crippen molar-refractivity contribution < 1.29 is 69.6 Å². The summed E-state index contributed by atoms with van der Waals surface area (Å²) in [6.45, 7) is 29.0. The molecule has 0 aromatic carbocycles. The van der Waals surface area contributed by atoms with Crippen LogP contribution in [-0.2, 0) is 69.6 Å². The number of sulfonamides is 6. The second-order valence-corrected chi connectivity index (χ2v) is 32.7. The molecule has 0 aromatic rings. The third-order valence-corrected chi connectivity index (χ3v) is 18.9. The molecule has 0 radical (unpaired) electrons. The van der Waals surface area contributed by atoms with Gasteiger partial charge in [-0.25, -0.2) is 92.7 Å². The minimum atomic E-state index is -3.81. The molecule has 0 aliphatic rings. The maximum Gasteiger partial charge on any atom is 0.439 e. The van der Waals surface area contributed by atoms with Gasteiger partial charge in [0.25, 0.3) is 20.0 Å². The van der Waals surface area contributed by atoms with Crippen LogP contribution in [0.5, 0.6) is 0 Å². The first-order valence-corrected chi connectivity index (χ1v) is 30.4. The van der Waals surface area contributed by atoms with E-state index in [9.17, 15) is 60.1 Å². The zero-order valence-corrected chi connectivity index (χ0v) is 51.3. The highest BCUT2D eigenvalue weighted by molar-refractivity contribution is 7.91. The van der Waals surface area contributed by atoms with Crippen LogP contribution >= 0.6 is 0 Å². The Bertz CT molecular complexity index is 2200. The lowest BCUT2D eigenvalue weighted by Crippen LogP contribution is -2.53. The number of nitrogens with one attached hydrogen (secondary N) is 8. The summed E-state index contributed by atoms with van der Waals surface area (Å²) >= 11 is 0. The predicted octanol–water partition coefficient (Wildman–Crippen LogP) is 0.676. The van der Waals surface area contributed by atoms with Gasteiger partial charge < -0.3 is 9.47 Å². The van der Waals surface area contributed by atoms with Crippen LogP contribution in [0.1, 0.15) is 125 Å². The molecular formula is C36H92N12O16S6. The molecule has 34 heteroatoms. The van der Waals surface area contributed by atoms with Gasteiger partial charge >= 0.3 is 12.2 Å². The molecule has 2 amide bonds. The fraction of sp³-hybridized carbons (Fsp3) is 0.944. The molecule has 428 valence electrons. The van der Waals surface area contributed by atoms with Crippen molar-refractivity contribution in [3.63, 3.8) is 0 Å². The molecule has 0 heterocycles. The number of hydrazine groups is 6. The minimum Gasteiger partial charge on any atom is -0.442 e. The van der Waals surface area contributed by atoms with E-state index in [0.717, 1.165) is 8.83 Å². The molecule has 0 saturated carbocycles. The number of carbonyl (C=O) groups is 2. The van der Waals surface area contributed by atoms with E-state index >= 15 is 0 Å². The van der Waals surface area contributed by atoms with E-state index in [0.29, 0.717) is 8.83 Å². The van der Waals surface area contributed by atoms with Gasteiger partial charge in [-0.3, -0.25) is 0 Å². The summed E-state index contributed by atoms with van der Waals surface area (Å²) < 4.78 is 145. The van der Waals surface area contributed by atoms with Gasteiger partial charge in [-0.2, -0.15) is 9.66 Å². The third-order valence-electron chi connectivity index (χ3n) is 7.41. The quantitative estimate of drug-likeness (QED) is 0.105. The summed E-state index contributed by atoms with van der Waals surface area (Å²) in [5, 5.41) is 0. The van der Waals surface area contributed by atoms with Crippen molar-refractivity contribution in [1.29, 1.82) is 0 Å². The van der Waals surface area contributed by atoms with E-state index in [1.54, 1.807) is 111 Å². The first kappa shape index (κ1) is 79.3. The lowest BCUT2D eigenvalue weighted by molar-refractivity contribution is 0.0324. The fourth-order valence-electron chi connectivity index (χ4n) is 3.04. The van der Waals surface area contributed by atoms with E-state index in [4.69, 9.17) is 9.47 Å². The summed E-state index contributed by atoms with van der Waals surface area (Å²) in [7, 11) is -8.10. The normalized spacial score (nSPS) is 13.0. The van der Waals surface area contributed by atoms with Gasteiger partial charge in [-0.05, 0) is 153 Å². The van der Waals surface area contributed by atoms with Gasteiger partial charge in [0, 0.05) is 28.2 Å². The smallest absolute Gasteiger partial charge is 0.439 e. The van der Waals surface area contributed by atoms with Crippen molar-refractivity contribution >= 4 is 72.3 Å². The van der Waals surface area contributed by atoms with Crippen molar-refractivity contribution in [2.75, 3.05) is 73.6 Å². The first-order chi connectivity index (χ1) is 30.7. The Balaban J connectivity index is -0.000000179. The maximum absolute atomic E-state index is 12.1. The van der Waals surface area contributed by atoms with Gasteiger partial charge in [-0.1, -0.05) is 0 Å². The van der Waals surface area contributed by atoms with Crippen LogP contribution < -0.4 is 42.2 Å². The number of amides is 2. The van der Waals surface area contributed by atoms with Gasteiger partial charge in [-0.15, -0.1) is 17.7 Å². The monoisotopic (exact) mass is 1140 g/mol. The van der Waals surface area contributed by atoms with E-state index in [-0.39, 0.29) is 17.3 Å². The Morgan fingerprint density at radius 3 is 0.886 bits per heavy atom.